The number of halogens is 2. The molecule has 378 valence electrons. The van der Waals surface area contributed by atoms with Gasteiger partial charge in [-0.25, -0.2) is 26.9 Å². The van der Waals surface area contributed by atoms with E-state index in [0.717, 1.165) is 81.8 Å². The van der Waals surface area contributed by atoms with Gasteiger partial charge in [0.25, 0.3) is 21.6 Å². The van der Waals surface area contributed by atoms with Crippen LogP contribution in [0.5, 0.6) is 11.5 Å². The smallest absolute Gasteiger partial charge is 0.293 e. The van der Waals surface area contributed by atoms with Crippen molar-refractivity contribution in [3.8, 4) is 11.5 Å². The molecule has 0 radical (unpaired) electrons. The lowest BCUT2D eigenvalue weighted by molar-refractivity contribution is -0.384. The van der Waals surface area contributed by atoms with Crippen LogP contribution in [0.15, 0.2) is 108 Å². The average Bonchev–Trinajstić information content (AvgIpc) is 3.84. The highest BCUT2D eigenvalue weighted by Crippen LogP contribution is 2.53. The summed E-state index contributed by atoms with van der Waals surface area (Å²) >= 11 is 0. The predicted molar refractivity (Wildman–Crippen MR) is 269 cm³/mol. The van der Waals surface area contributed by atoms with Gasteiger partial charge in [-0.05, 0) is 90.6 Å². The van der Waals surface area contributed by atoms with Gasteiger partial charge >= 0.3 is 0 Å². The number of nitro groups is 1. The highest BCUT2D eigenvalue weighted by Gasteiger charge is 2.50. The van der Waals surface area contributed by atoms with Gasteiger partial charge in [-0.2, -0.15) is 0 Å². The summed E-state index contributed by atoms with van der Waals surface area (Å²) in [5, 5.41) is 15.6. The van der Waals surface area contributed by atoms with E-state index in [9.17, 15) is 23.3 Å². The van der Waals surface area contributed by atoms with Crippen LogP contribution in [0.1, 0.15) is 91.5 Å². The van der Waals surface area contributed by atoms with Crippen molar-refractivity contribution < 1.29 is 36.4 Å². The normalized spacial score (nSPS) is 19.6. The Hall–Kier alpha value is -6.54. The first kappa shape index (κ1) is 49.1. The lowest BCUT2D eigenvalue weighted by Crippen LogP contribution is -2.60. The highest BCUT2D eigenvalue weighted by atomic mass is 32.2. The van der Waals surface area contributed by atoms with Crippen molar-refractivity contribution in [2.45, 2.75) is 87.5 Å². The summed E-state index contributed by atoms with van der Waals surface area (Å²) in [6.07, 6.45) is 8.94. The Morgan fingerprint density at radius 3 is 2.50 bits per heavy atom. The number of anilines is 2. The second-order valence-corrected chi connectivity index (χ2v) is 21.8. The number of hydrogen-bond donors (Lipinski definition) is 3. The van der Waals surface area contributed by atoms with Crippen LogP contribution in [0.2, 0.25) is 0 Å². The van der Waals surface area contributed by atoms with Crippen molar-refractivity contribution >= 4 is 44.0 Å². The maximum atomic E-state index is 16.5. The first-order valence-corrected chi connectivity index (χ1v) is 26.2. The number of amides is 1. The number of piperidine rings is 1. The number of carbonyl (C=O) groups excluding carboxylic acids is 1. The number of aromatic amines is 1. The predicted octanol–water partition coefficient (Wildman–Crippen LogP) is 9.28. The molecule has 4 fully saturated rings. The molecule has 3 aromatic carbocycles. The Bertz CT molecular complexity index is 3060. The minimum Gasteiger partial charge on any atom is -0.455 e. The van der Waals surface area contributed by atoms with E-state index in [1.54, 1.807) is 18.3 Å². The molecule has 6 aromatic rings. The zero-order chi connectivity index (χ0) is 50.2. The standard InChI is InChI=1S/C53H59F2N9O7S/c1-35(2)41-8-3-4-9-42(41)48-33-61(32-37-7-5-6-17-56-37)21-22-63(48)38-29-52(30-38)13-19-62(20-14-52)46-28-49(71-39-25-36-12-18-57-50(36)58-31-39)43(27-44(46)54)51(65)60-72(68,69)40-10-11-45(47(26-40)64(66)67)59-34-53(55)15-23-70-24-16-53/h3-12,17-18,25-28,31,35,38,48,59H,13-16,19-24,29-30,32-34H2,1-2H3,(H,57,58)(H,60,65). The summed E-state index contributed by atoms with van der Waals surface area (Å²) < 4.78 is 72.8. The molecule has 1 spiro atoms. The van der Waals surface area contributed by atoms with Crippen molar-refractivity contribution in [1.29, 1.82) is 0 Å². The Kier molecular flexibility index (Phi) is 13.7. The van der Waals surface area contributed by atoms with Gasteiger partial charge in [0.2, 0.25) is 0 Å². The molecule has 1 saturated carbocycles. The van der Waals surface area contributed by atoms with Crippen LogP contribution in [-0.4, -0.2) is 108 Å². The molecular formula is C53H59F2N9O7S. The van der Waals surface area contributed by atoms with E-state index in [1.165, 1.54) is 23.4 Å². The molecule has 10 rings (SSSR count). The topological polar surface area (TPSA) is 188 Å². The third-order valence-electron chi connectivity index (χ3n) is 15.2. The first-order chi connectivity index (χ1) is 34.6. The summed E-state index contributed by atoms with van der Waals surface area (Å²) in [5.74, 6) is -1.49. The second-order valence-electron chi connectivity index (χ2n) is 20.1. The van der Waals surface area contributed by atoms with E-state index in [4.69, 9.17) is 9.47 Å². The maximum absolute atomic E-state index is 16.5. The Morgan fingerprint density at radius 1 is 0.972 bits per heavy atom. The summed E-state index contributed by atoms with van der Waals surface area (Å²) in [7, 11) is -4.78. The van der Waals surface area contributed by atoms with Crippen LogP contribution in [0, 0.1) is 21.3 Å². The molecule has 72 heavy (non-hydrogen) atoms. The van der Waals surface area contributed by atoms with Crippen LogP contribution in [0.3, 0.4) is 0 Å². The highest BCUT2D eigenvalue weighted by molar-refractivity contribution is 7.90. The van der Waals surface area contributed by atoms with Gasteiger partial charge in [0.1, 0.15) is 34.3 Å². The lowest BCUT2D eigenvalue weighted by atomic mass is 9.59. The number of hydrogen-bond acceptors (Lipinski definition) is 13. The molecule has 1 unspecified atom stereocenters. The fourth-order valence-electron chi connectivity index (χ4n) is 11.1. The fourth-order valence-corrected chi connectivity index (χ4v) is 12.1. The molecule has 1 aliphatic carbocycles. The van der Waals surface area contributed by atoms with Gasteiger partial charge in [0, 0.05) is 114 Å². The Balaban J connectivity index is 0.856. The third kappa shape index (κ3) is 10.4. The van der Waals surface area contributed by atoms with E-state index in [2.05, 4.69) is 74.2 Å². The number of nitrogens with one attached hydrogen (secondary N) is 3. The first-order valence-electron chi connectivity index (χ1n) is 24.7. The van der Waals surface area contributed by atoms with E-state index < -0.39 is 48.5 Å². The van der Waals surface area contributed by atoms with Crippen molar-refractivity contribution in [2.75, 3.05) is 62.7 Å². The van der Waals surface area contributed by atoms with Gasteiger partial charge in [-0.1, -0.05) is 44.2 Å². The maximum Gasteiger partial charge on any atom is 0.293 e. The van der Waals surface area contributed by atoms with Gasteiger partial charge in [-0.15, -0.1) is 0 Å². The Labute approximate surface area is 417 Å². The SMILES string of the molecule is CC(C)c1ccccc1C1CN(Cc2ccccn2)CCN1C1CC2(CCN(c3cc(Oc4cnc5[nH]ccc5c4)c(C(=O)NS(=O)(=O)c4ccc(NCC5(F)CCOCC5)c([N+](=O)[O-])c4)cc3F)CC2)C1. The molecule has 4 aliphatic rings. The van der Waals surface area contributed by atoms with Crippen molar-refractivity contribution in [1.82, 2.24) is 29.5 Å². The number of H-pyrrole nitrogens is 1. The minimum atomic E-state index is -4.78. The number of alkyl halides is 1. The van der Waals surface area contributed by atoms with E-state index in [1.807, 2.05) is 28.0 Å². The molecule has 16 nitrogen and oxygen atoms in total. The number of rotatable bonds is 15. The number of sulfonamides is 1. The molecule has 1 atom stereocenters. The number of carbonyl (C=O) groups is 1. The van der Waals surface area contributed by atoms with Crippen LogP contribution in [-0.2, 0) is 21.3 Å². The molecule has 3 saturated heterocycles. The van der Waals surface area contributed by atoms with Gasteiger partial charge in [-0.3, -0.25) is 29.7 Å². The summed E-state index contributed by atoms with van der Waals surface area (Å²) in [6, 6.07) is 24.4. The molecule has 1 amide bonds. The van der Waals surface area contributed by atoms with E-state index >= 15 is 8.78 Å². The number of aromatic nitrogens is 3. The molecule has 3 aromatic heterocycles. The molecule has 6 heterocycles. The summed E-state index contributed by atoms with van der Waals surface area (Å²) in [4.78, 5) is 44.0. The second kappa shape index (κ2) is 20.2. The molecule has 3 N–H and O–H groups in total. The molecular weight excluding hydrogens is 945 g/mol. The van der Waals surface area contributed by atoms with Crippen molar-refractivity contribution in [2.24, 2.45) is 5.41 Å². The molecule has 0 bridgehead atoms. The van der Waals surface area contributed by atoms with Crippen LogP contribution < -0.4 is 19.7 Å². The van der Waals surface area contributed by atoms with Crippen LogP contribution >= 0.6 is 0 Å². The average molecular weight is 1000 g/mol. The van der Waals surface area contributed by atoms with E-state index in [-0.39, 0.29) is 66.9 Å². The number of nitrogens with zero attached hydrogens (tertiary/aromatic N) is 6. The number of piperazine rings is 1. The fraction of sp³-hybridized carbons (Fsp3) is 0.415. The van der Waals surface area contributed by atoms with Crippen molar-refractivity contribution in [3.05, 3.63) is 142 Å². The van der Waals surface area contributed by atoms with Gasteiger partial charge < -0.3 is 24.7 Å². The molecule has 3 aliphatic heterocycles. The monoisotopic (exact) mass is 1000 g/mol. The Morgan fingerprint density at radius 2 is 1.75 bits per heavy atom. The third-order valence-corrected chi connectivity index (χ3v) is 16.5. The largest absolute Gasteiger partial charge is 0.455 e. The number of benzene rings is 3. The summed E-state index contributed by atoms with van der Waals surface area (Å²) in [6.45, 7) is 9.38. The van der Waals surface area contributed by atoms with Gasteiger partial charge in [0.15, 0.2) is 0 Å². The van der Waals surface area contributed by atoms with Crippen molar-refractivity contribution in [3.63, 3.8) is 0 Å². The zero-order valence-corrected chi connectivity index (χ0v) is 41.2. The number of pyridine rings is 2. The number of ether oxygens (including phenoxy) is 2. The lowest BCUT2D eigenvalue weighted by Gasteiger charge is -2.58. The quantitative estimate of drug-likeness (QED) is 0.0653. The van der Waals surface area contributed by atoms with Crippen LogP contribution in [0.25, 0.3) is 11.0 Å². The van der Waals surface area contributed by atoms with Crippen LogP contribution in [0.4, 0.5) is 25.8 Å². The van der Waals surface area contributed by atoms with E-state index in [0.29, 0.717) is 36.1 Å². The van der Waals surface area contributed by atoms with Gasteiger partial charge in [0.05, 0.1) is 33.0 Å². The minimum absolute atomic E-state index is 0.0964. The number of fused-ring (bicyclic) bond motifs is 1. The number of nitro benzene ring substituents is 1. The zero-order valence-electron chi connectivity index (χ0n) is 40.4. The summed E-state index contributed by atoms with van der Waals surface area (Å²) in [5.41, 5.74) is 1.88. The molecule has 19 heteroatoms.